The summed E-state index contributed by atoms with van der Waals surface area (Å²) in [6.45, 7) is 8.18. The van der Waals surface area contributed by atoms with E-state index in [1.165, 1.54) is 38.1 Å². The van der Waals surface area contributed by atoms with Crippen molar-refractivity contribution in [3.63, 3.8) is 0 Å². The van der Waals surface area contributed by atoms with Crippen LogP contribution in [-0.2, 0) is 13.1 Å². The SMILES string of the molecule is CC(Oc1ccc2[nH]nc(-c3nc4c([nH]3)CN(C(C)C3CCN(C)CC3)C4)c2c1)c1cc(F)cc(F)c1. The number of imidazole rings is 1. The zero-order valence-corrected chi connectivity index (χ0v) is 21.4. The summed E-state index contributed by atoms with van der Waals surface area (Å²) in [5, 5.41) is 8.47. The molecule has 2 aromatic carbocycles. The summed E-state index contributed by atoms with van der Waals surface area (Å²) in [6.07, 6.45) is 1.97. The van der Waals surface area contributed by atoms with Crippen LogP contribution in [0.25, 0.3) is 22.4 Å². The fraction of sp³-hybridized carbons (Fsp3) is 0.429. The Balaban J connectivity index is 1.19. The van der Waals surface area contributed by atoms with Gasteiger partial charge in [0, 0.05) is 30.6 Å². The number of likely N-dealkylation sites (tertiary alicyclic amines) is 1. The molecule has 4 heterocycles. The lowest BCUT2D eigenvalue weighted by Crippen LogP contribution is -2.41. The second-order valence-electron chi connectivity index (χ2n) is 10.5. The largest absolute Gasteiger partial charge is 0.486 e. The smallest absolute Gasteiger partial charge is 0.159 e. The van der Waals surface area contributed by atoms with E-state index >= 15 is 0 Å². The van der Waals surface area contributed by atoms with E-state index in [0.29, 0.717) is 17.4 Å². The van der Waals surface area contributed by atoms with Gasteiger partial charge in [0.05, 0.1) is 16.9 Å². The number of fused-ring (bicyclic) bond motifs is 2. The van der Waals surface area contributed by atoms with Crippen LogP contribution in [0.5, 0.6) is 5.75 Å². The maximum absolute atomic E-state index is 13.7. The van der Waals surface area contributed by atoms with E-state index in [9.17, 15) is 8.78 Å². The molecule has 0 amide bonds. The number of hydrogen-bond acceptors (Lipinski definition) is 5. The topological polar surface area (TPSA) is 73.1 Å². The molecule has 4 aromatic rings. The lowest BCUT2D eigenvalue weighted by atomic mass is 9.90. The molecule has 0 spiro atoms. The van der Waals surface area contributed by atoms with Gasteiger partial charge in [0.15, 0.2) is 5.82 Å². The van der Waals surface area contributed by atoms with E-state index in [1.54, 1.807) is 6.92 Å². The van der Waals surface area contributed by atoms with Crippen molar-refractivity contribution >= 4 is 10.9 Å². The van der Waals surface area contributed by atoms with E-state index < -0.39 is 17.7 Å². The molecule has 9 heteroatoms. The summed E-state index contributed by atoms with van der Waals surface area (Å²) in [5.41, 5.74) is 4.27. The molecule has 7 nitrogen and oxygen atoms in total. The number of aromatic amines is 2. The number of ether oxygens (including phenoxy) is 1. The predicted octanol–water partition coefficient (Wildman–Crippen LogP) is 5.42. The average Bonchev–Trinajstić information content (AvgIpc) is 3.56. The van der Waals surface area contributed by atoms with Crippen LogP contribution in [0.4, 0.5) is 8.78 Å². The minimum Gasteiger partial charge on any atom is -0.486 e. The summed E-state index contributed by atoms with van der Waals surface area (Å²) in [6, 6.07) is 9.56. The third-order valence-electron chi connectivity index (χ3n) is 8.03. The number of halogens is 2. The minimum absolute atomic E-state index is 0.437. The van der Waals surface area contributed by atoms with Crippen molar-refractivity contribution in [2.45, 2.75) is 51.9 Å². The molecule has 2 unspecified atom stereocenters. The van der Waals surface area contributed by atoms with Crippen molar-refractivity contribution < 1.29 is 13.5 Å². The van der Waals surface area contributed by atoms with Crippen LogP contribution in [0, 0.1) is 17.6 Å². The Morgan fingerprint density at radius 1 is 1.03 bits per heavy atom. The number of rotatable bonds is 6. The van der Waals surface area contributed by atoms with E-state index in [2.05, 4.69) is 39.0 Å². The molecule has 194 valence electrons. The van der Waals surface area contributed by atoms with Gasteiger partial charge < -0.3 is 14.6 Å². The van der Waals surface area contributed by atoms with Gasteiger partial charge in [-0.15, -0.1) is 0 Å². The number of piperidine rings is 1. The number of H-pyrrole nitrogens is 2. The normalized spacial score (nSPS) is 18.8. The third kappa shape index (κ3) is 4.73. The molecule has 2 aromatic heterocycles. The first-order valence-corrected chi connectivity index (χ1v) is 13.0. The monoisotopic (exact) mass is 506 g/mol. The van der Waals surface area contributed by atoms with Crippen molar-refractivity contribution in [2.75, 3.05) is 20.1 Å². The Morgan fingerprint density at radius 2 is 1.78 bits per heavy atom. The lowest BCUT2D eigenvalue weighted by Gasteiger charge is -2.36. The van der Waals surface area contributed by atoms with E-state index in [0.717, 1.165) is 58.9 Å². The summed E-state index contributed by atoms with van der Waals surface area (Å²) >= 11 is 0. The maximum Gasteiger partial charge on any atom is 0.159 e. The number of nitrogens with zero attached hydrogens (tertiary/aromatic N) is 4. The lowest BCUT2D eigenvalue weighted by molar-refractivity contribution is 0.103. The first-order chi connectivity index (χ1) is 17.8. The van der Waals surface area contributed by atoms with Crippen molar-refractivity contribution in [1.82, 2.24) is 30.0 Å². The molecule has 2 aliphatic rings. The van der Waals surface area contributed by atoms with Gasteiger partial charge in [0.2, 0.25) is 0 Å². The van der Waals surface area contributed by atoms with Crippen LogP contribution in [-0.4, -0.2) is 56.1 Å². The van der Waals surface area contributed by atoms with Gasteiger partial charge >= 0.3 is 0 Å². The van der Waals surface area contributed by atoms with Gasteiger partial charge in [-0.3, -0.25) is 10.00 Å². The molecule has 0 bridgehead atoms. The predicted molar refractivity (Wildman–Crippen MR) is 138 cm³/mol. The Hall–Kier alpha value is -3.30. The second kappa shape index (κ2) is 9.54. The highest BCUT2D eigenvalue weighted by Gasteiger charge is 2.32. The second-order valence-corrected chi connectivity index (χ2v) is 10.5. The molecule has 2 atom stereocenters. The maximum atomic E-state index is 13.7. The number of aromatic nitrogens is 4. The molecule has 37 heavy (non-hydrogen) atoms. The fourth-order valence-corrected chi connectivity index (χ4v) is 5.70. The first-order valence-electron chi connectivity index (χ1n) is 13.0. The zero-order chi connectivity index (χ0) is 25.7. The van der Waals surface area contributed by atoms with Gasteiger partial charge in [-0.1, -0.05) is 0 Å². The Morgan fingerprint density at radius 3 is 2.51 bits per heavy atom. The van der Waals surface area contributed by atoms with Gasteiger partial charge in [0.25, 0.3) is 0 Å². The van der Waals surface area contributed by atoms with E-state index in [-0.39, 0.29) is 0 Å². The fourth-order valence-electron chi connectivity index (χ4n) is 5.70. The molecule has 2 N–H and O–H groups in total. The molecular weight excluding hydrogens is 474 g/mol. The zero-order valence-electron chi connectivity index (χ0n) is 21.4. The standard InChI is InChI=1S/C28H32F2N6O/c1-16(18-6-8-35(3)9-7-18)36-14-25-26(15-36)32-28(31-25)27-23-13-22(4-5-24(23)33-34-27)37-17(2)19-10-20(29)12-21(30)11-19/h4-5,10-13,16-18H,6-9,14-15H2,1-3H3,(H,31,32)(H,33,34). The summed E-state index contributed by atoms with van der Waals surface area (Å²) in [7, 11) is 2.20. The van der Waals surface area contributed by atoms with E-state index in [4.69, 9.17) is 9.72 Å². The molecular formula is C28H32F2N6O. The number of nitrogens with one attached hydrogen (secondary N) is 2. The number of benzene rings is 2. The molecule has 6 rings (SSSR count). The van der Waals surface area contributed by atoms with Gasteiger partial charge in [-0.05, 0) is 88.6 Å². The van der Waals surface area contributed by atoms with E-state index in [1.807, 2.05) is 18.2 Å². The van der Waals surface area contributed by atoms with Crippen LogP contribution < -0.4 is 4.74 Å². The van der Waals surface area contributed by atoms with Crippen LogP contribution in [0.2, 0.25) is 0 Å². The van der Waals surface area contributed by atoms with Gasteiger partial charge in [-0.2, -0.15) is 5.10 Å². The first kappa shape index (κ1) is 24.1. The summed E-state index contributed by atoms with van der Waals surface area (Å²) in [4.78, 5) is 13.4. The minimum atomic E-state index is -0.622. The summed E-state index contributed by atoms with van der Waals surface area (Å²) in [5.74, 6) is 0.802. The molecule has 0 saturated carbocycles. The molecule has 0 aliphatic carbocycles. The van der Waals surface area contributed by atoms with Crippen molar-refractivity contribution in [3.05, 3.63) is 65.0 Å². The summed E-state index contributed by atoms with van der Waals surface area (Å²) < 4.78 is 33.3. The van der Waals surface area contributed by atoms with Crippen molar-refractivity contribution in [3.8, 4) is 17.3 Å². The van der Waals surface area contributed by atoms with Crippen LogP contribution >= 0.6 is 0 Å². The highest BCUT2D eigenvalue weighted by Crippen LogP contribution is 2.34. The number of hydrogen-bond donors (Lipinski definition) is 2. The molecule has 1 saturated heterocycles. The van der Waals surface area contributed by atoms with Gasteiger partial charge in [-0.25, -0.2) is 13.8 Å². The highest BCUT2D eigenvalue weighted by molar-refractivity contribution is 5.92. The quantitative estimate of drug-likeness (QED) is 0.366. The van der Waals surface area contributed by atoms with Crippen molar-refractivity contribution in [1.29, 1.82) is 0 Å². The Labute approximate surface area is 214 Å². The molecule has 0 radical (unpaired) electrons. The molecule has 1 fully saturated rings. The van der Waals surface area contributed by atoms with Crippen LogP contribution in [0.15, 0.2) is 36.4 Å². The van der Waals surface area contributed by atoms with Crippen LogP contribution in [0.1, 0.15) is 49.7 Å². The Kier molecular flexibility index (Phi) is 6.20. The highest BCUT2D eigenvalue weighted by atomic mass is 19.1. The average molecular weight is 507 g/mol. The van der Waals surface area contributed by atoms with Crippen molar-refractivity contribution in [2.24, 2.45) is 5.92 Å². The molecule has 2 aliphatic heterocycles. The third-order valence-corrected chi connectivity index (χ3v) is 8.03. The Bertz CT molecular complexity index is 1380. The van der Waals surface area contributed by atoms with Gasteiger partial charge in [0.1, 0.15) is 29.2 Å². The van der Waals surface area contributed by atoms with Crippen LogP contribution in [0.3, 0.4) is 0 Å².